The van der Waals surface area contributed by atoms with E-state index in [0.29, 0.717) is 33.5 Å². The van der Waals surface area contributed by atoms with Crippen molar-refractivity contribution in [2.75, 3.05) is 24.9 Å². The van der Waals surface area contributed by atoms with Gasteiger partial charge in [0.2, 0.25) is 5.91 Å². The minimum atomic E-state index is -0.514. The van der Waals surface area contributed by atoms with Gasteiger partial charge in [-0.3, -0.25) is 9.59 Å². The second-order valence-electron chi connectivity index (χ2n) is 5.68. The predicted octanol–water partition coefficient (Wildman–Crippen LogP) is 4.00. The molecule has 0 heterocycles. The van der Waals surface area contributed by atoms with Gasteiger partial charge in [-0.2, -0.15) is 0 Å². The molecule has 0 radical (unpaired) electrons. The van der Waals surface area contributed by atoms with Gasteiger partial charge >= 0.3 is 0 Å². The molecule has 1 unspecified atom stereocenters. The predicted molar refractivity (Wildman–Crippen MR) is 103 cm³/mol. The van der Waals surface area contributed by atoms with Crippen LogP contribution < -0.4 is 20.1 Å². The topological polar surface area (TPSA) is 76.7 Å². The van der Waals surface area contributed by atoms with Gasteiger partial charge in [0.05, 0.1) is 31.0 Å². The second-order valence-corrected chi connectivity index (χ2v) is 6.08. The molecule has 2 aromatic rings. The van der Waals surface area contributed by atoms with Crippen molar-refractivity contribution in [2.45, 2.75) is 19.9 Å². The SMILES string of the molecule is COc1cc(OC)c(NC(C)C(=O)c2ccc(NC(C)=O)cc2)cc1Cl. The number of benzene rings is 2. The van der Waals surface area contributed by atoms with Crippen molar-refractivity contribution in [1.82, 2.24) is 0 Å². The number of hydrogen-bond acceptors (Lipinski definition) is 5. The van der Waals surface area contributed by atoms with E-state index < -0.39 is 6.04 Å². The summed E-state index contributed by atoms with van der Waals surface area (Å²) in [4.78, 5) is 23.7. The van der Waals surface area contributed by atoms with E-state index in [4.69, 9.17) is 21.1 Å². The van der Waals surface area contributed by atoms with E-state index in [1.54, 1.807) is 43.3 Å². The number of halogens is 1. The lowest BCUT2D eigenvalue weighted by Crippen LogP contribution is -2.26. The number of Topliss-reactive ketones (excluding diaryl/α,β-unsaturated/α-hetero) is 1. The molecule has 26 heavy (non-hydrogen) atoms. The van der Waals surface area contributed by atoms with Crippen molar-refractivity contribution in [2.24, 2.45) is 0 Å². The first-order valence-corrected chi connectivity index (χ1v) is 8.33. The van der Waals surface area contributed by atoms with Gasteiger partial charge in [-0.05, 0) is 37.3 Å². The Balaban J connectivity index is 2.16. The van der Waals surface area contributed by atoms with Crippen LogP contribution in [0.2, 0.25) is 5.02 Å². The van der Waals surface area contributed by atoms with Crippen LogP contribution in [0.3, 0.4) is 0 Å². The summed E-state index contributed by atoms with van der Waals surface area (Å²) in [6.07, 6.45) is 0. The summed E-state index contributed by atoms with van der Waals surface area (Å²) in [5.74, 6) is 0.740. The number of anilines is 2. The van der Waals surface area contributed by atoms with Gasteiger partial charge in [-0.15, -0.1) is 0 Å². The van der Waals surface area contributed by atoms with Gasteiger partial charge in [0, 0.05) is 24.2 Å². The maximum Gasteiger partial charge on any atom is 0.221 e. The Morgan fingerprint density at radius 3 is 2.19 bits per heavy atom. The number of ether oxygens (including phenoxy) is 2. The molecule has 0 spiro atoms. The number of methoxy groups -OCH3 is 2. The fourth-order valence-electron chi connectivity index (χ4n) is 2.44. The van der Waals surface area contributed by atoms with E-state index in [0.717, 1.165) is 0 Å². The Labute approximate surface area is 157 Å². The minimum absolute atomic E-state index is 0.103. The van der Waals surface area contributed by atoms with E-state index in [9.17, 15) is 9.59 Å². The molecule has 0 aromatic heterocycles. The standard InChI is InChI=1S/C19H21ClN2O4/c1-11(19(24)13-5-7-14(8-6-13)22-12(2)23)21-16-9-15(20)17(25-3)10-18(16)26-4/h5-11,21H,1-4H3,(H,22,23). The lowest BCUT2D eigenvalue weighted by Gasteiger charge is -2.18. The Kier molecular flexibility index (Phi) is 6.46. The monoisotopic (exact) mass is 376 g/mol. The van der Waals surface area contributed by atoms with Gasteiger partial charge in [-0.1, -0.05) is 11.6 Å². The zero-order valence-corrected chi connectivity index (χ0v) is 15.8. The number of ketones is 1. The molecule has 2 aromatic carbocycles. The van der Waals surface area contributed by atoms with Crippen LogP contribution in [-0.2, 0) is 4.79 Å². The summed E-state index contributed by atoms with van der Waals surface area (Å²) in [5, 5.41) is 6.19. The van der Waals surface area contributed by atoms with Gasteiger partial charge in [0.15, 0.2) is 5.78 Å². The zero-order chi connectivity index (χ0) is 19.3. The number of nitrogens with one attached hydrogen (secondary N) is 2. The summed E-state index contributed by atoms with van der Waals surface area (Å²) >= 11 is 6.16. The van der Waals surface area contributed by atoms with Crippen molar-refractivity contribution in [3.05, 3.63) is 47.0 Å². The van der Waals surface area contributed by atoms with E-state index >= 15 is 0 Å². The molecule has 7 heteroatoms. The first-order valence-electron chi connectivity index (χ1n) is 7.95. The van der Waals surface area contributed by atoms with Crippen LogP contribution in [0.15, 0.2) is 36.4 Å². The molecule has 138 valence electrons. The largest absolute Gasteiger partial charge is 0.495 e. The van der Waals surface area contributed by atoms with Crippen LogP contribution in [-0.4, -0.2) is 32.0 Å². The number of carbonyl (C=O) groups is 2. The van der Waals surface area contributed by atoms with E-state index in [1.807, 2.05) is 0 Å². The van der Waals surface area contributed by atoms with Crippen molar-refractivity contribution in [3.63, 3.8) is 0 Å². The molecule has 1 amide bonds. The van der Waals surface area contributed by atoms with Crippen molar-refractivity contribution >= 4 is 34.7 Å². The second kappa shape index (κ2) is 8.58. The molecule has 1 atom stereocenters. The summed E-state index contributed by atoms with van der Waals surface area (Å²) in [5.41, 5.74) is 1.75. The summed E-state index contributed by atoms with van der Waals surface area (Å²) < 4.78 is 10.5. The average Bonchev–Trinajstić information content (AvgIpc) is 2.61. The van der Waals surface area contributed by atoms with Crippen LogP contribution >= 0.6 is 11.6 Å². The third kappa shape index (κ3) is 4.67. The van der Waals surface area contributed by atoms with E-state index in [1.165, 1.54) is 21.1 Å². The highest BCUT2D eigenvalue weighted by Gasteiger charge is 2.18. The molecule has 0 aliphatic carbocycles. The Bertz CT molecular complexity index is 806. The Hall–Kier alpha value is -2.73. The molecule has 2 rings (SSSR count). The van der Waals surface area contributed by atoms with Gasteiger partial charge in [0.25, 0.3) is 0 Å². The third-order valence-electron chi connectivity index (χ3n) is 3.73. The van der Waals surface area contributed by atoms with Gasteiger partial charge in [0.1, 0.15) is 11.5 Å². The molecule has 0 aliphatic heterocycles. The highest BCUT2D eigenvalue weighted by atomic mass is 35.5. The average molecular weight is 377 g/mol. The Morgan fingerprint density at radius 2 is 1.65 bits per heavy atom. The lowest BCUT2D eigenvalue weighted by molar-refractivity contribution is -0.114. The van der Waals surface area contributed by atoms with Crippen LogP contribution in [0.25, 0.3) is 0 Å². The van der Waals surface area contributed by atoms with E-state index in [2.05, 4.69) is 10.6 Å². The van der Waals surface area contributed by atoms with Crippen LogP contribution in [0.1, 0.15) is 24.2 Å². The Morgan fingerprint density at radius 1 is 1.04 bits per heavy atom. The normalized spacial score (nSPS) is 11.4. The van der Waals surface area contributed by atoms with Gasteiger partial charge in [-0.25, -0.2) is 0 Å². The first-order chi connectivity index (χ1) is 12.3. The molecule has 0 fully saturated rings. The quantitative estimate of drug-likeness (QED) is 0.714. The van der Waals surface area contributed by atoms with Crippen LogP contribution in [0.5, 0.6) is 11.5 Å². The molecule has 2 N–H and O–H groups in total. The molecule has 0 bridgehead atoms. The fourth-order valence-corrected chi connectivity index (χ4v) is 2.68. The zero-order valence-electron chi connectivity index (χ0n) is 15.1. The highest BCUT2D eigenvalue weighted by molar-refractivity contribution is 6.32. The third-order valence-corrected chi connectivity index (χ3v) is 4.02. The van der Waals surface area contributed by atoms with Crippen molar-refractivity contribution in [3.8, 4) is 11.5 Å². The van der Waals surface area contributed by atoms with Crippen molar-refractivity contribution < 1.29 is 19.1 Å². The summed E-state index contributed by atoms with van der Waals surface area (Å²) in [6.45, 7) is 3.18. The molecular formula is C19H21ClN2O4. The maximum absolute atomic E-state index is 12.6. The smallest absolute Gasteiger partial charge is 0.221 e. The van der Waals surface area contributed by atoms with Gasteiger partial charge < -0.3 is 20.1 Å². The number of carbonyl (C=O) groups excluding carboxylic acids is 2. The maximum atomic E-state index is 12.6. The van der Waals surface area contributed by atoms with Crippen molar-refractivity contribution in [1.29, 1.82) is 0 Å². The van der Waals surface area contributed by atoms with Crippen LogP contribution in [0, 0.1) is 0 Å². The number of rotatable bonds is 7. The molecule has 0 saturated carbocycles. The summed E-state index contributed by atoms with van der Waals surface area (Å²) in [6, 6.07) is 9.51. The number of amides is 1. The highest BCUT2D eigenvalue weighted by Crippen LogP contribution is 2.36. The fraction of sp³-hybridized carbons (Fsp3) is 0.263. The molecule has 0 aliphatic rings. The summed E-state index contributed by atoms with van der Waals surface area (Å²) in [7, 11) is 3.05. The first kappa shape index (κ1) is 19.6. The molecule has 0 saturated heterocycles. The lowest BCUT2D eigenvalue weighted by atomic mass is 10.0. The minimum Gasteiger partial charge on any atom is -0.495 e. The van der Waals surface area contributed by atoms with E-state index in [-0.39, 0.29) is 11.7 Å². The van der Waals surface area contributed by atoms with Crippen LogP contribution in [0.4, 0.5) is 11.4 Å². The molecule has 6 nitrogen and oxygen atoms in total. The molecular weight excluding hydrogens is 356 g/mol. The number of hydrogen-bond donors (Lipinski definition) is 2.